The van der Waals surface area contributed by atoms with Gasteiger partial charge in [-0.15, -0.1) is 0 Å². The molecule has 20 heavy (non-hydrogen) atoms. The molecule has 2 rings (SSSR count). The zero-order valence-electron chi connectivity index (χ0n) is 11.4. The standard InChI is InChI=1S/C14H16N4O2/c1-15-14(19)12-8-11(4-6-16-12)18-9-10-3-5-17-13(7-10)20-2/h3-8H,9H2,1-2H3,(H,15,19)(H,16,18). The molecule has 6 heteroatoms. The molecule has 104 valence electrons. The summed E-state index contributed by atoms with van der Waals surface area (Å²) < 4.78 is 5.07. The lowest BCUT2D eigenvalue weighted by atomic mass is 10.2. The van der Waals surface area contributed by atoms with Crippen molar-refractivity contribution in [2.24, 2.45) is 0 Å². The Labute approximate surface area is 117 Å². The van der Waals surface area contributed by atoms with Crippen LogP contribution in [0.25, 0.3) is 0 Å². The molecule has 0 radical (unpaired) electrons. The molecule has 0 unspecified atom stereocenters. The predicted molar refractivity (Wildman–Crippen MR) is 75.7 cm³/mol. The molecule has 6 nitrogen and oxygen atoms in total. The quantitative estimate of drug-likeness (QED) is 0.861. The van der Waals surface area contributed by atoms with Gasteiger partial charge in [0.25, 0.3) is 5.91 Å². The number of carbonyl (C=O) groups excluding carboxylic acids is 1. The van der Waals surface area contributed by atoms with Crippen LogP contribution in [0.5, 0.6) is 5.88 Å². The molecule has 1 amide bonds. The minimum Gasteiger partial charge on any atom is -0.481 e. The van der Waals surface area contributed by atoms with Gasteiger partial charge in [0.05, 0.1) is 7.11 Å². The van der Waals surface area contributed by atoms with Crippen molar-refractivity contribution in [1.29, 1.82) is 0 Å². The maximum absolute atomic E-state index is 11.5. The van der Waals surface area contributed by atoms with Crippen LogP contribution in [-0.4, -0.2) is 30.0 Å². The normalized spacial score (nSPS) is 9.90. The highest BCUT2D eigenvalue weighted by Crippen LogP contribution is 2.12. The van der Waals surface area contributed by atoms with Crippen molar-refractivity contribution >= 4 is 11.6 Å². The zero-order chi connectivity index (χ0) is 14.4. The molecule has 2 heterocycles. The summed E-state index contributed by atoms with van der Waals surface area (Å²) in [6.07, 6.45) is 3.29. The van der Waals surface area contributed by atoms with Crippen LogP contribution in [0.3, 0.4) is 0 Å². The highest BCUT2D eigenvalue weighted by Gasteiger charge is 2.05. The lowest BCUT2D eigenvalue weighted by Crippen LogP contribution is -2.19. The van der Waals surface area contributed by atoms with E-state index in [1.807, 2.05) is 18.2 Å². The van der Waals surface area contributed by atoms with Gasteiger partial charge < -0.3 is 15.4 Å². The Morgan fingerprint density at radius 1 is 1.25 bits per heavy atom. The largest absolute Gasteiger partial charge is 0.481 e. The summed E-state index contributed by atoms with van der Waals surface area (Å²) in [6.45, 7) is 0.607. The second-order valence-corrected chi connectivity index (χ2v) is 4.07. The molecule has 0 spiro atoms. The van der Waals surface area contributed by atoms with E-state index in [1.165, 1.54) is 0 Å². The summed E-state index contributed by atoms with van der Waals surface area (Å²) in [5, 5.41) is 5.77. The average molecular weight is 272 g/mol. The molecule has 0 saturated carbocycles. The van der Waals surface area contributed by atoms with E-state index >= 15 is 0 Å². The van der Waals surface area contributed by atoms with Gasteiger partial charge in [0.1, 0.15) is 5.69 Å². The van der Waals surface area contributed by atoms with Gasteiger partial charge in [-0.25, -0.2) is 4.98 Å². The van der Waals surface area contributed by atoms with Crippen molar-refractivity contribution < 1.29 is 9.53 Å². The Hall–Kier alpha value is -2.63. The van der Waals surface area contributed by atoms with E-state index in [1.54, 1.807) is 32.6 Å². The number of nitrogens with zero attached hydrogens (tertiary/aromatic N) is 2. The summed E-state index contributed by atoms with van der Waals surface area (Å²) >= 11 is 0. The van der Waals surface area contributed by atoms with Crippen LogP contribution < -0.4 is 15.4 Å². The van der Waals surface area contributed by atoms with Crippen molar-refractivity contribution in [1.82, 2.24) is 15.3 Å². The molecule has 0 aliphatic rings. The topological polar surface area (TPSA) is 76.1 Å². The number of aromatic nitrogens is 2. The van der Waals surface area contributed by atoms with Gasteiger partial charge in [-0.2, -0.15) is 0 Å². The van der Waals surface area contributed by atoms with Crippen molar-refractivity contribution in [3.63, 3.8) is 0 Å². The van der Waals surface area contributed by atoms with Crippen molar-refractivity contribution in [3.8, 4) is 5.88 Å². The van der Waals surface area contributed by atoms with E-state index in [0.717, 1.165) is 11.3 Å². The number of amides is 1. The molecular weight excluding hydrogens is 256 g/mol. The lowest BCUT2D eigenvalue weighted by molar-refractivity contribution is 0.0958. The summed E-state index contributed by atoms with van der Waals surface area (Å²) in [4.78, 5) is 19.6. The third-order valence-electron chi connectivity index (χ3n) is 2.72. The van der Waals surface area contributed by atoms with Gasteiger partial charge >= 0.3 is 0 Å². The second kappa shape index (κ2) is 6.51. The fourth-order valence-corrected chi connectivity index (χ4v) is 1.67. The number of hydrogen-bond acceptors (Lipinski definition) is 5. The molecule has 0 aliphatic carbocycles. The van der Waals surface area contributed by atoms with Crippen molar-refractivity contribution in [2.75, 3.05) is 19.5 Å². The van der Waals surface area contributed by atoms with Crippen LogP contribution >= 0.6 is 0 Å². The summed E-state index contributed by atoms with van der Waals surface area (Å²) in [7, 11) is 3.16. The number of methoxy groups -OCH3 is 1. The third-order valence-corrected chi connectivity index (χ3v) is 2.72. The summed E-state index contributed by atoms with van der Waals surface area (Å²) in [6, 6.07) is 7.27. The van der Waals surface area contributed by atoms with E-state index in [2.05, 4.69) is 20.6 Å². The van der Waals surface area contributed by atoms with Gasteiger partial charge in [0.15, 0.2) is 0 Å². The lowest BCUT2D eigenvalue weighted by Gasteiger charge is -2.08. The maximum atomic E-state index is 11.5. The Morgan fingerprint density at radius 3 is 2.80 bits per heavy atom. The molecule has 2 aromatic rings. The predicted octanol–water partition coefficient (Wildman–Crippen LogP) is 1.46. The molecular formula is C14H16N4O2. The SMILES string of the molecule is CNC(=O)c1cc(NCc2ccnc(OC)c2)ccn1. The molecule has 0 saturated heterocycles. The molecule has 0 bridgehead atoms. The molecule has 2 N–H and O–H groups in total. The average Bonchev–Trinajstić information content (AvgIpc) is 2.52. The highest BCUT2D eigenvalue weighted by atomic mass is 16.5. The first-order valence-electron chi connectivity index (χ1n) is 6.14. The number of carbonyl (C=O) groups is 1. The van der Waals surface area contributed by atoms with Gasteiger partial charge in [-0.3, -0.25) is 9.78 Å². The number of hydrogen-bond donors (Lipinski definition) is 2. The Morgan fingerprint density at radius 2 is 2.05 bits per heavy atom. The monoisotopic (exact) mass is 272 g/mol. The van der Waals surface area contributed by atoms with E-state index in [-0.39, 0.29) is 5.91 Å². The number of rotatable bonds is 5. The van der Waals surface area contributed by atoms with Crippen LogP contribution in [-0.2, 0) is 6.54 Å². The smallest absolute Gasteiger partial charge is 0.269 e. The number of pyridine rings is 2. The first-order chi connectivity index (χ1) is 9.72. The highest BCUT2D eigenvalue weighted by molar-refractivity contribution is 5.92. The van der Waals surface area contributed by atoms with E-state index in [4.69, 9.17) is 4.74 Å². The van der Waals surface area contributed by atoms with Crippen LogP contribution in [0.4, 0.5) is 5.69 Å². The number of anilines is 1. The summed E-state index contributed by atoms with van der Waals surface area (Å²) in [5.74, 6) is 0.365. The first kappa shape index (κ1) is 13.8. The van der Waals surface area contributed by atoms with Crippen LogP contribution in [0, 0.1) is 0 Å². The van der Waals surface area contributed by atoms with Gasteiger partial charge in [0, 0.05) is 37.7 Å². The fraction of sp³-hybridized carbons (Fsp3) is 0.214. The van der Waals surface area contributed by atoms with Gasteiger partial charge in [0.2, 0.25) is 5.88 Å². The number of ether oxygens (including phenoxy) is 1. The number of nitrogens with one attached hydrogen (secondary N) is 2. The van der Waals surface area contributed by atoms with Crippen molar-refractivity contribution in [2.45, 2.75) is 6.54 Å². The maximum Gasteiger partial charge on any atom is 0.269 e. The first-order valence-corrected chi connectivity index (χ1v) is 6.14. The van der Waals surface area contributed by atoms with E-state index in [9.17, 15) is 4.79 Å². The second-order valence-electron chi connectivity index (χ2n) is 4.07. The Bertz CT molecular complexity index is 601. The minimum absolute atomic E-state index is 0.209. The molecule has 0 aliphatic heterocycles. The molecule has 0 aromatic carbocycles. The summed E-state index contributed by atoms with van der Waals surface area (Å²) in [5.41, 5.74) is 2.24. The fourth-order valence-electron chi connectivity index (χ4n) is 1.67. The Kier molecular flexibility index (Phi) is 4.49. The van der Waals surface area contributed by atoms with Gasteiger partial charge in [-0.05, 0) is 23.8 Å². The van der Waals surface area contributed by atoms with E-state index in [0.29, 0.717) is 18.1 Å². The zero-order valence-corrected chi connectivity index (χ0v) is 11.4. The van der Waals surface area contributed by atoms with Crippen molar-refractivity contribution in [3.05, 3.63) is 47.9 Å². The Balaban J connectivity index is 2.05. The molecule has 0 fully saturated rings. The molecule has 0 atom stereocenters. The van der Waals surface area contributed by atoms with Crippen LogP contribution in [0.1, 0.15) is 16.1 Å². The third kappa shape index (κ3) is 3.44. The molecule has 2 aromatic heterocycles. The van der Waals surface area contributed by atoms with Crippen LogP contribution in [0.15, 0.2) is 36.7 Å². The minimum atomic E-state index is -0.209. The van der Waals surface area contributed by atoms with Gasteiger partial charge in [-0.1, -0.05) is 0 Å². The van der Waals surface area contributed by atoms with E-state index < -0.39 is 0 Å². The van der Waals surface area contributed by atoms with Crippen LogP contribution in [0.2, 0.25) is 0 Å².